The maximum atomic E-state index is 13.3. The molecule has 1 unspecified atom stereocenters. The van der Waals surface area contributed by atoms with Crippen molar-refractivity contribution in [2.75, 3.05) is 6.54 Å². The molecular formula is C39H33N5O6. The van der Waals surface area contributed by atoms with Crippen molar-refractivity contribution in [1.82, 2.24) is 9.13 Å². The summed E-state index contributed by atoms with van der Waals surface area (Å²) in [5.41, 5.74) is 10.2. The molecule has 0 fully saturated rings. The highest BCUT2D eigenvalue weighted by atomic mass is 16.5. The van der Waals surface area contributed by atoms with Crippen LogP contribution in [-0.4, -0.2) is 15.7 Å². The third-order valence-corrected chi connectivity index (χ3v) is 9.72. The van der Waals surface area contributed by atoms with Gasteiger partial charge in [0.05, 0.1) is 21.5 Å². The summed E-state index contributed by atoms with van der Waals surface area (Å²) in [5, 5.41) is 4.40. The van der Waals surface area contributed by atoms with Gasteiger partial charge < -0.3 is 9.47 Å². The van der Waals surface area contributed by atoms with Gasteiger partial charge in [0.25, 0.3) is 22.2 Å². The topological polar surface area (TPSA) is 145 Å². The lowest BCUT2D eigenvalue weighted by Gasteiger charge is -2.30. The van der Waals surface area contributed by atoms with E-state index in [4.69, 9.17) is 15.0 Å². The predicted molar refractivity (Wildman–Crippen MR) is 193 cm³/mol. The Bertz CT molecular complexity index is 2490. The van der Waals surface area contributed by atoms with Crippen molar-refractivity contribution in [2.24, 2.45) is 12.2 Å². The largest absolute Gasteiger partial charge is 0.462 e. The summed E-state index contributed by atoms with van der Waals surface area (Å²) >= 11 is 0. The highest BCUT2D eigenvalue weighted by molar-refractivity contribution is 5.98. The molecular weight excluding hydrogens is 634 g/mol. The summed E-state index contributed by atoms with van der Waals surface area (Å²) in [5.74, 6) is 2.93. The van der Waals surface area contributed by atoms with Gasteiger partial charge in [0.15, 0.2) is 0 Å². The van der Waals surface area contributed by atoms with Crippen molar-refractivity contribution < 1.29 is 9.47 Å². The molecule has 0 aliphatic heterocycles. The molecule has 0 N–H and O–H groups in total. The standard InChI is InChI=1S/C39H33N5O6/c1-23-4-12-27(13-5-23)49-28-14-6-24(7-15-28)39(2,22-41-42-40)25-8-16-29(17-9-25)50-30-18-10-26(11-19-30)44-37(47)33-20-31-32(21-34(33)38(44)48)36(46)43(3)35(31)45/h4,6-10,12,14-18,20-21H,5,11,13,19,22H2,1-3H3. The summed E-state index contributed by atoms with van der Waals surface area (Å²) in [6.07, 6.45) is 10.1. The first-order valence-corrected chi connectivity index (χ1v) is 16.3. The minimum Gasteiger partial charge on any atom is -0.462 e. The van der Waals surface area contributed by atoms with Crippen LogP contribution in [0.5, 0.6) is 11.5 Å². The summed E-state index contributed by atoms with van der Waals surface area (Å²) in [6.45, 7) is 4.35. The molecule has 0 saturated heterocycles. The minimum atomic E-state index is -0.613. The summed E-state index contributed by atoms with van der Waals surface area (Å²) in [7, 11) is 1.37. The van der Waals surface area contributed by atoms with Gasteiger partial charge in [-0.1, -0.05) is 48.0 Å². The maximum Gasteiger partial charge on any atom is 0.265 e. The lowest BCUT2D eigenvalue weighted by molar-refractivity contribution is 0.400. The molecule has 50 heavy (non-hydrogen) atoms. The Balaban J connectivity index is 1.10. The Morgan fingerprint density at radius 2 is 1.18 bits per heavy atom. The predicted octanol–water partition coefficient (Wildman–Crippen LogP) is 6.67. The van der Waals surface area contributed by atoms with Crippen LogP contribution >= 0.6 is 0 Å². The number of ether oxygens (including phenoxy) is 2. The fraction of sp³-hybridized carbons (Fsp3) is 0.231. The number of allylic oxidation sites excluding steroid dienone is 8. The molecule has 11 nitrogen and oxygen atoms in total. The maximum absolute atomic E-state index is 13.3. The fourth-order valence-corrected chi connectivity index (χ4v) is 6.65. The molecule has 0 saturated carbocycles. The van der Waals surface area contributed by atoms with Crippen LogP contribution in [0, 0.1) is 0 Å². The van der Waals surface area contributed by atoms with Crippen molar-refractivity contribution in [3.63, 3.8) is 0 Å². The van der Waals surface area contributed by atoms with E-state index < -0.39 is 27.7 Å². The van der Waals surface area contributed by atoms with E-state index in [-0.39, 0.29) is 28.1 Å². The third-order valence-electron chi connectivity index (χ3n) is 9.72. The first kappa shape index (κ1) is 32.4. The van der Waals surface area contributed by atoms with Crippen molar-refractivity contribution in [3.05, 3.63) is 165 Å². The average Bonchev–Trinajstić information content (AvgIpc) is 3.50. The second-order valence-corrected chi connectivity index (χ2v) is 13.0. The Morgan fingerprint density at radius 3 is 1.62 bits per heavy atom. The van der Waals surface area contributed by atoms with E-state index >= 15 is 0 Å². The number of fused-ring (bicyclic) bond motifs is 2. The van der Waals surface area contributed by atoms with E-state index in [1.807, 2.05) is 61.5 Å². The first-order chi connectivity index (χ1) is 24.1. The second kappa shape index (κ2) is 12.7. The zero-order valence-electron chi connectivity index (χ0n) is 27.8. The molecule has 1 atom stereocenters. The molecule has 2 aliphatic rings. The number of hydrogen-bond acceptors (Lipinski definition) is 7. The van der Waals surface area contributed by atoms with Crippen LogP contribution < -0.4 is 31.7 Å². The van der Waals surface area contributed by atoms with Gasteiger partial charge in [0.1, 0.15) is 23.0 Å². The number of benzene rings is 3. The number of aromatic nitrogens is 2. The van der Waals surface area contributed by atoms with Gasteiger partial charge in [-0.2, -0.15) is 0 Å². The highest BCUT2D eigenvalue weighted by Crippen LogP contribution is 2.36. The average molecular weight is 668 g/mol. The van der Waals surface area contributed by atoms with E-state index in [9.17, 15) is 19.2 Å². The molecule has 0 radical (unpaired) electrons. The van der Waals surface area contributed by atoms with Crippen LogP contribution in [0.25, 0.3) is 37.7 Å². The molecule has 2 aliphatic carbocycles. The van der Waals surface area contributed by atoms with E-state index in [1.165, 1.54) is 24.8 Å². The highest BCUT2D eigenvalue weighted by Gasteiger charge is 2.29. The summed E-state index contributed by atoms with van der Waals surface area (Å²) in [4.78, 5) is 54.5. The van der Waals surface area contributed by atoms with Crippen LogP contribution in [0.3, 0.4) is 0 Å². The van der Waals surface area contributed by atoms with Gasteiger partial charge in [-0.3, -0.25) is 23.7 Å². The molecule has 0 spiro atoms. The quantitative estimate of drug-likeness (QED) is 0.0976. The molecule has 250 valence electrons. The second-order valence-electron chi connectivity index (χ2n) is 13.0. The number of azide groups is 1. The lowest BCUT2D eigenvalue weighted by Crippen LogP contribution is -2.27. The Hall–Kier alpha value is -6.19. The molecule has 2 aromatic heterocycles. The monoisotopic (exact) mass is 667 g/mol. The van der Waals surface area contributed by atoms with Crippen molar-refractivity contribution >= 4 is 27.2 Å². The molecule has 11 heteroatoms. The van der Waals surface area contributed by atoms with Crippen LogP contribution in [0.4, 0.5) is 0 Å². The molecule has 5 aromatic rings. The van der Waals surface area contributed by atoms with Gasteiger partial charge in [-0.15, -0.1) is 0 Å². The van der Waals surface area contributed by atoms with E-state index in [0.29, 0.717) is 30.0 Å². The molecule has 7 rings (SSSR count). The minimum absolute atomic E-state index is 0.110. The SMILES string of the molecule is CC1=CC=C(Oc2ccc(C(C)(CN=[N+]=[N-])c3ccc(OC4=CC=C(n5c(=O)c6cc7c(=O)n(C)c(=O)c7cc6c5=O)CC4)cc3)cc2)CC1. The van der Waals surface area contributed by atoms with Crippen LogP contribution in [-0.2, 0) is 12.5 Å². The zero-order chi connectivity index (χ0) is 35.2. The summed E-state index contributed by atoms with van der Waals surface area (Å²) < 4.78 is 14.3. The molecule has 0 amide bonds. The fourth-order valence-electron chi connectivity index (χ4n) is 6.65. The smallest absolute Gasteiger partial charge is 0.265 e. The van der Waals surface area contributed by atoms with Gasteiger partial charge in [-0.05, 0) is 91.0 Å². The number of rotatable bonds is 9. The van der Waals surface area contributed by atoms with Crippen LogP contribution in [0.15, 0.2) is 126 Å². The van der Waals surface area contributed by atoms with E-state index in [1.54, 1.807) is 12.2 Å². The summed E-state index contributed by atoms with van der Waals surface area (Å²) in [6, 6.07) is 18.2. The van der Waals surface area contributed by atoms with Gasteiger partial charge >= 0.3 is 0 Å². The van der Waals surface area contributed by atoms with Crippen molar-refractivity contribution in [3.8, 4) is 11.5 Å². The van der Waals surface area contributed by atoms with Crippen LogP contribution in [0.2, 0.25) is 0 Å². The molecule has 3 aromatic carbocycles. The normalized spacial score (nSPS) is 15.8. The Labute approximate surface area is 285 Å². The lowest BCUT2D eigenvalue weighted by atomic mass is 9.76. The van der Waals surface area contributed by atoms with Crippen molar-refractivity contribution in [1.29, 1.82) is 0 Å². The van der Waals surface area contributed by atoms with Gasteiger partial charge in [0, 0.05) is 42.5 Å². The van der Waals surface area contributed by atoms with Crippen molar-refractivity contribution in [2.45, 2.75) is 44.9 Å². The third kappa shape index (κ3) is 5.67. The van der Waals surface area contributed by atoms with Gasteiger partial charge in [0.2, 0.25) is 0 Å². The zero-order valence-corrected chi connectivity index (χ0v) is 27.8. The first-order valence-electron chi connectivity index (χ1n) is 16.3. The van der Waals surface area contributed by atoms with E-state index in [0.717, 1.165) is 44.6 Å². The number of nitrogens with zero attached hydrogens (tertiary/aromatic N) is 5. The van der Waals surface area contributed by atoms with Crippen LogP contribution in [0.1, 0.15) is 50.7 Å². The molecule has 0 bridgehead atoms. The van der Waals surface area contributed by atoms with Gasteiger partial charge in [-0.25, -0.2) is 4.57 Å². The molecule has 2 heterocycles. The number of hydrogen-bond donors (Lipinski definition) is 0. The van der Waals surface area contributed by atoms with E-state index in [2.05, 4.69) is 23.0 Å². The Morgan fingerprint density at radius 1 is 0.700 bits per heavy atom. The Kier molecular flexibility index (Phi) is 8.21.